The van der Waals surface area contributed by atoms with Crippen LogP contribution >= 0.6 is 27.3 Å². The molecule has 3 aromatic rings. The Balaban J connectivity index is 1.96. The fourth-order valence-corrected chi connectivity index (χ4v) is 3.46. The molecule has 0 aliphatic heterocycles. The molecule has 0 radical (unpaired) electrons. The van der Waals surface area contributed by atoms with E-state index in [0.29, 0.717) is 12.3 Å². The third kappa shape index (κ3) is 2.48. The van der Waals surface area contributed by atoms with Crippen molar-refractivity contribution in [3.8, 4) is 11.3 Å². The van der Waals surface area contributed by atoms with E-state index in [4.69, 9.17) is 9.26 Å². The van der Waals surface area contributed by atoms with Gasteiger partial charge in [-0.25, -0.2) is 4.79 Å². The predicted molar refractivity (Wildman–Crippen MR) is 81.0 cm³/mol. The van der Waals surface area contributed by atoms with Crippen molar-refractivity contribution in [1.82, 2.24) is 5.16 Å². The molecule has 0 bridgehead atoms. The summed E-state index contributed by atoms with van der Waals surface area (Å²) < 4.78 is 12.1. The van der Waals surface area contributed by atoms with Crippen LogP contribution in [-0.2, 0) is 4.74 Å². The third-order valence-electron chi connectivity index (χ3n) is 2.77. The molecule has 0 amide bonds. The molecule has 0 unspecified atom stereocenters. The highest BCUT2D eigenvalue weighted by molar-refractivity contribution is 9.11. The largest absolute Gasteiger partial charge is 0.460 e. The maximum Gasteiger partial charge on any atom is 0.377 e. The van der Waals surface area contributed by atoms with Gasteiger partial charge in [0.1, 0.15) is 5.69 Å². The Morgan fingerprint density at radius 2 is 2.25 bits per heavy atom. The Bertz CT molecular complexity index is 778. The van der Waals surface area contributed by atoms with Crippen molar-refractivity contribution in [3.05, 3.63) is 39.9 Å². The Morgan fingerprint density at radius 1 is 1.40 bits per heavy atom. The zero-order valence-corrected chi connectivity index (χ0v) is 13.0. The summed E-state index contributed by atoms with van der Waals surface area (Å²) in [6.45, 7) is 2.06. The first-order chi connectivity index (χ1) is 9.67. The van der Waals surface area contributed by atoms with E-state index >= 15 is 0 Å². The zero-order chi connectivity index (χ0) is 14.1. The van der Waals surface area contributed by atoms with Gasteiger partial charge in [-0.05, 0) is 40.4 Å². The molecule has 2 heterocycles. The van der Waals surface area contributed by atoms with Gasteiger partial charge in [0.25, 0.3) is 0 Å². The molecule has 0 spiro atoms. The second-order valence-corrected chi connectivity index (χ2v) is 6.56. The number of nitrogens with zero attached hydrogens (tertiary/aromatic N) is 1. The SMILES string of the molecule is CCOC(=O)c1cc(-c2ccc3cc(Br)sc3c2)no1. The number of esters is 1. The summed E-state index contributed by atoms with van der Waals surface area (Å²) in [5.41, 5.74) is 1.53. The number of ether oxygens (including phenoxy) is 1. The molecule has 1 aromatic carbocycles. The van der Waals surface area contributed by atoms with Crippen molar-refractivity contribution in [1.29, 1.82) is 0 Å². The van der Waals surface area contributed by atoms with E-state index in [1.54, 1.807) is 24.3 Å². The Labute approximate surface area is 127 Å². The number of hydrogen-bond donors (Lipinski definition) is 0. The first-order valence-corrected chi connectivity index (χ1v) is 7.61. The summed E-state index contributed by atoms with van der Waals surface area (Å²) in [6, 6.07) is 9.66. The number of carbonyl (C=O) groups excluding carboxylic acids is 1. The number of benzene rings is 1. The topological polar surface area (TPSA) is 52.3 Å². The van der Waals surface area contributed by atoms with Crippen molar-refractivity contribution in [3.63, 3.8) is 0 Å². The molecule has 0 saturated carbocycles. The van der Waals surface area contributed by atoms with E-state index in [-0.39, 0.29) is 5.76 Å². The van der Waals surface area contributed by atoms with Crippen LogP contribution in [0.1, 0.15) is 17.5 Å². The molecule has 0 atom stereocenters. The summed E-state index contributed by atoms with van der Waals surface area (Å²) in [7, 11) is 0. The van der Waals surface area contributed by atoms with Crippen LogP contribution in [0.25, 0.3) is 21.3 Å². The normalized spacial score (nSPS) is 10.9. The molecule has 6 heteroatoms. The number of thiophene rings is 1. The summed E-state index contributed by atoms with van der Waals surface area (Å²) in [4.78, 5) is 11.5. The van der Waals surface area contributed by atoms with Gasteiger partial charge in [-0.15, -0.1) is 11.3 Å². The van der Waals surface area contributed by atoms with Crippen LogP contribution in [0.3, 0.4) is 0 Å². The van der Waals surface area contributed by atoms with Crippen molar-refractivity contribution in [2.24, 2.45) is 0 Å². The van der Waals surface area contributed by atoms with Crippen molar-refractivity contribution >= 4 is 43.3 Å². The highest BCUT2D eigenvalue weighted by Gasteiger charge is 2.15. The Hall–Kier alpha value is -1.66. The van der Waals surface area contributed by atoms with Gasteiger partial charge in [-0.1, -0.05) is 17.3 Å². The van der Waals surface area contributed by atoms with Gasteiger partial charge in [-0.2, -0.15) is 0 Å². The molecule has 0 aliphatic rings. The fraction of sp³-hybridized carbons (Fsp3) is 0.143. The van der Waals surface area contributed by atoms with E-state index in [1.165, 1.54) is 5.39 Å². The lowest BCUT2D eigenvalue weighted by molar-refractivity contribution is 0.0480. The second kappa shape index (κ2) is 5.38. The number of aromatic nitrogens is 1. The maximum absolute atomic E-state index is 11.5. The molecule has 20 heavy (non-hydrogen) atoms. The zero-order valence-electron chi connectivity index (χ0n) is 10.6. The van der Waals surface area contributed by atoms with E-state index < -0.39 is 5.97 Å². The number of rotatable bonds is 3. The fourth-order valence-electron chi connectivity index (χ4n) is 1.87. The van der Waals surface area contributed by atoms with Crippen molar-refractivity contribution in [2.75, 3.05) is 6.61 Å². The molecule has 2 aromatic heterocycles. The van der Waals surface area contributed by atoms with Gasteiger partial charge < -0.3 is 9.26 Å². The molecule has 4 nitrogen and oxygen atoms in total. The van der Waals surface area contributed by atoms with Gasteiger partial charge in [0.15, 0.2) is 0 Å². The monoisotopic (exact) mass is 351 g/mol. The Morgan fingerprint density at radius 3 is 3.05 bits per heavy atom. The van der Waals surface area contributed by atoms with E-state index in [9.17, 15) is 4.79 Å². The van der Waals surface area contributed by atoms with Gasteiger partial charge in [-0.3, -0.25) is 0 Å². The van der Waals surface area contributed by atoms with Crippen LogP contribution in [0.15, 0.2) is 38.6 Å². The minimum atomic E-state index is -0.494. The van der Waals surface area contributed by atoms with Gasteiger partial charge >= 0.3 is 5.97 Å². The number of carbonyl (C=O) groups is 1. The quantitative estimate of drug-likeness (QED) is 0.652. The van der Waals surface area contributed by atoms with Gasteiger partial charge in [0.05, 0.1) is 10.4 Å². The summed E-state index contributed by atoms with van der Waals surface area (Å²) in [5, 5.41) is 5.09. The summed E-state index contributed by atoms with van der Waals surface area (Å²) in [5.74, 6) is -0.375. The molecule has 0 aliphatic carbocycles. The standard InChI is InChI=1S/C14H10BrNO3S/c1-2-18-14(17)11-7-10(16-19-11)8-3-4-9-6-13(15)20-12(9)5-8/h3-7H,2H2,1H3. The summed E-state index contributed by atoms with van der Waals surface area (Å²) >= 11 is 5.12. The van der Waals surface area contributed by atoms with Crippen LogP contribution in [-0.4, -0.2) is 17.7 Å². The van der Waals surface area contributed by atoms with E-state index in [2.05, 4.69) is 27.2 Å². The molecule has 3 rings (SSSR count). The number of hydrogen-bond acceptors (Lipinski definition) is 5. The second-order valence-electron chi connectivity index (χ2n) is 4.10. The first kappa shape index (κ1) is 13.3. The molecule has 0 saturated heterocycles. The van der Waals surface area contributed by atoms with E-state index in [0.717, 1.165) is 14.0 Å². The predicted octanol–water partition coefficient (Wildman–Crippen LogP) is 4.50. The van der Waals surface area contributed by atoms with Crippen LogP contribution in [0.2, 0.25) is 0 Å². The first-order valence-electron chi connectivity index (χ1n) is 6.00. The molecular formula is C14H10BrNO3S. The van der Waals surface area contributed by atoms with E-state index in [1.807, 2.05) is 18.2 Å². The third-order valence-corrected chi connectivity index (χ3v) is 4.37. The van der Waals surface area contributed by atoms with Crippen molar-refractivity contribution in [2.45, 2.75) is 6.92 Å². The molecule has 102 valence electrons. The minimum absolute atomic E-state index is 0.120. The lowest BCUT2D eigenvalue weighted by Crippen LogP contribution is -2.02. The van der Waals surface area contributed by atoms with Crippen molar-refractivity contribution < 1.29 is 14.1 Å². The minimum Gasteiger partial charge on any atom is -0.460 e. The highest BCUT2D eigenvalue weighted by atomic mass is 79.9. The van der Waals surface area contributed by atoms with Gasteiger partial charge in [0, 0.05) is 16.3 Å². The van der Waals surface area contributed by atoms with Crippen LogP contribution in [0.5, 0.6) is 0 Å². The average molecular weight is 352 g/mol. The average Bonchev–Trinajstić information content (AvgIpc) is 3.02. The Kier molecular flexibility index (Phi) is 3.58. The van der Waals surface area contributed by atoms with Crippen LogP contribution in [0, 0.1) is 0 Å². The number of fused-ring (bicyclic) bond motifs is 1. The maximum atomic E-state index is 11.5. The van der Waals surface area contributed by atoms with Crippen LogP contribution in [0.4, 0.5) is 0 Å². The smallest absolute Gasteiger partial charge is 0.377 e. The molecule has 0 N–H and O–H groups in total. The van der Waals surface area contributed by atoms with Gasteiger partial charge in [0.2, 0.25) is 5.76 Å². The van der Waals surface area contributed by atoms with Crippen LogP contribution < -0.4 is 0 Å². The molecular weight excluding hydrogens is 342 g/mol. The number of halogens is 1. The molecule has 0 fully saturated rings. The highest BCUT2D eigenvalue weighted by Crippen LogP contribution is 2.32. The lowest BCUT2D eigenvalue weighted by atomic mass is 10.1. The lowest BCUT2D eigenvalue weighted by Gasteiger charge is -1.95. The summed E-state index contributed by atoms with van der Waals surface area (Å²) in [6.07, 6.45) is 0.